The predicted molar refractivity (Wildman–Crippen MR) is 60.6 cm³/mol. The van der Waals surface area contributed by atoms with Gasteiger partial charge < -0.3 is 5.73 Å². The lowest BCUT2D eigenvalue weighted by atomic mass is 10.0. The average Bonchev–Trinajstić information content (AvgIpc) is 2.04. The Labute approximate surface area is 87.8 Å². The van der Waals surface area contributed by atoms with Gasteiger partial charge in [-0.15, -0.1) is 6.58 Å². The summed E-state index contributed by atoms with van der Waals surface area (Å²) < 4.78 is 1.11. The van der Waals surface area contributed by atoms with Crippen molar-refractivity contribution >= 4 is 15.9 Å². The van der Waals surface area contributed by atoms with Crippen molar-refractivity contribution in [2.45, 2.75) is 18.9 Å². The molecule has 0 saturated heterocycles. The van der Waals surface area contributed by atoms with Crippen LogP contribution in [0.2, 0.25) is 0 Å². The second-order valence-corrected chi connectivity index (χ2v) is 4.03. The first kappa shape index (κ1) is 10.5. The molecule has 0 bridgehead atoms. The first-order valence-electron chi connectivity index (χ1n) is 4.33. The molecule has 1 nitrogen and oxygen atoms in total. The van der Waals surface area contributed by atoms with Gasteiger partial charge in [0, 0.05) is 10.5 Å². The van der Waals surface area contributed by atoms with Gasteiger partial charge in [-0.2, -0.15) is 0 Å². The zero-order valence-electron chi connectivity index (χ0n) is 7.54. The van der Waals surface area contributed by atoms with E-state index < -0.39 is 0 Å². The summed E-state index contributed by atoms with van der Waals surface area (Å²) >= 11 is 3.43. The first-order valence-corrected chi connectivity index (χ1v) is 5.12. The van der Waals surface area contributed by atoms with Gasteiger partial charge in [-0.1, -0.05) is 34.1 Å². The Morgan fingerprint density at radius 1 is 1.54 bits per heavy atom. The summed E-state index contributed by atoms with van der Waals surface area (Å²) in [6, 6.07) is 8.42. The number of nitrogens with two attached hydrogens (primary N) is 1. The van der Waals surface area contributed by atoms with E-state index in [0.29, 0.717) is 0 Å². The molecular formula is C11H14BrN. The van der Waals surface area contributed by atoms with Crippen LogP contribution < -0.4 is 5.73 Å². The molecule has 13 heavy (non-hydrogen) atoms. The molecule has 0 saturated carbocycles. The summed E-state index contributed by atoms with van der Waals surface area (Å²) in [4.78, 5) is 0. The molecule has 1 rings (SSSR count). The Kier molecular flexibility index (Phi) is 4.19. The smallest absolute Gasteiger partial charge is 0.0178 e. The molecule has 1 aromatic rings. The number of halogens is 1. The quantitative estimate of drug-likeness (QED) is 0.804. The van der Waals surface area contributed by atoms with E-state index in [1.165, 1.54) is 5.56 Å². The average molecular weight is 240 g/mol. The van der Waals surface area contributed by atoms with Crippen molar-refractivity contribution in [3.63, 3.8) is 0 Å². The monoisotopic (exact) mass is 239 g/mol. The fourth-order valence-corrected chi connectivity index (χ4v) is 1.71. The highest BCUT2D eigenvalue weighted by Crippen LogP contribution is 2.13. The third kappa shape index (κ3) is 3.75. The van der Waals surface area contributed by atoms with Crippen LogP contribution in [0.1, 0.15) is 12.0 Å². The van der Waals surface area contributed by atoms with Crippen LogP contribution in [-0.4, -0.2) is 6.04 Å². The zero-order valence-corrected chi connectivity index (χ0v) is 9.13. The highest BCUT2D eigenvalue weighted by Gasteiger charge is 2.01. The molecule has 2 heteroatoms. The van der Waals surface area contributed by atoms with Crippen LogP contribution in [0.3, 0.4) is 0 Å². The molecule has 2 N–H and O–H groups in total. The third-order valence-corrected chi connectivity index (χ3v) is 2.35. The van der Waals surface area contributed by atoms with E-state index in [1.807, 2.05) is 18.2 Å². The predicted octanol–water partition coefficient (Wildman–Crippen LogP) is 2.90. The summed E-state index contributed by atoms with van der Waals surface area (Å²) in [5.41, 5.74) is 7.15. The Morgan fingerprint density at radius 2 is 2.31 bits per heavy atom. The molecule has 0 spiro atoms. The topological polar surface area (TPSA) is 26.0 Å². The van der Waals surface area contributed by atoms with Gasteiger partial charge >= 0.3 is 0 Å². The molecule has 70 valence electrons. The number of hydrogen-bond donors (Lipinski definition) is 1. The van der Waals surface area contributed by atoms with Crippen molar-refractivity contribution in [2.24, 2.45) is 5.73 Å². The van der Waals surface area contributed by atoms with Gasteiger partial charge in [0.05, 0.1) is 0 Å². The number of rotatable bonds is 4. The first-order chi connectivity index (χ1) is 6.22. The molecule has 0 aromatic heterocycles. The Bertz CT molecular complexity index is 283. The van der Waals surface area contributed by atoms with E-state index in [4.69, 9.17) is 5.73 Å². The molecule has 0 radical (unpaired) electrons. The van der Waals surface area contributed by atoms with E-state index in [9.17, 15) is 0 Å². The van der Waals surface area contributed by atoms with Crippen LogP contribution in [0.25, 0.3) is 0 Å². The summed E-state index contributed by atoms with van der Waals surface area (Å²) in [5.74, 6) is 0. The normalized spacial score (nSPS) is 12.5. The summed E-state index contributed by atoms with van der Waals surface area (Å²) in [7, 11) is 0. The summed E-state index contributed by atoms with van der Waals surface area (Å²) in [6.45, 7) is 3.67. The zero-order chi connectivity index (χ0) is 9.68. The van der Waals surface area contributed by atoms with Gasteiger partial charge in [0.1, 0.15) is 0 Å². The Balaban J connectivity index is 2.58. The van der Waals surface area contributed by atoms with E-state index >= 15 is 0 Å². The molecule has 1 atom stereocenters. The number of hydrogen-bond acceptors (Lipinski definition) is 1. The lowest BCUT2D eigenvalue weighted by Crippen LogP contribution is -2.21. The molecule has 0 amide bonds. The lowest BCUT2D eigenvalue weighted by molar-refractivity contribution is 0.679. The maximum atomic E-state index is 5.88. The minimum absolute atomic E-state index is 0.187. The van der Waals surface area contributed by atoms with Gasteiger partial charge in [-0.05, 0) is 30.5 Å². The molecule has 0 heterocycles. The van der Waals surface area contributed by atoms with Crippen molar-refractivity contribution in [1.82, 2.24) is 0 Å². The molecule has 0 fully saturated rings. The van der Waals surface area contributed by atoms with E-state index in [-0.39, 0.29) is 6.04 Å². The van der Waals surface area contributed by atoms with E-state index in [1.54, 1.807) is 0 Å². The lowest BCUT2D eigenvalue weighted by Gasteiger charge is -2.08. The van der Waals surface area contributed by atoms with Crippen LogP contribution in [0, 0.1) is 0 Å². The van der Waals surface area contributed by atoms with Gasteiger partial charge in [0.2, 0.25) is 0 Å². The SMILES string of the molecule is C=CCC(N)Cc1cccc(Br)c1. The van der Waals surface area contributed by atoms with Gasteiger partial charge in [0.15, 0.2) is 0 Å². The van der Waals surface area contributed by atoms with Crippen molar-refractivity contribution in [3.05, 3.63) is 47.0 Å². The Hall–Kier alpha value is -0.600. The maximum absolute atomic E-state index is 5.88. The van der Waals surface area contributed by atoms with Gasteiger partial charge in [0.25, 0.3) is 0 Å². The third-order valence-electron chi connectivity index (χ3n) is 1.86. The van der Waals surface area contributed by atoms with Crippen molar-refractivity contribution in [3.8, 4) is 0 Å². The summed E-state index contributed by atoms with van der Waals surface area (Å²) in [5, 5.41) is 0. The second-order valence-electron chi connectivity index (χ2n) is 3.12. The molecule has 0 aliphatic carbocycles. The van der Waals surface area contributed by atoms with Crippen LogP contribution in [0.15, 0.2) is 41.4 Å². The van der Waals surface area contributed by atoms with Crippen LogP contribution >= 0.6 is 15.9 Å². The minimum Gasteiger partial charge on any atom is -0.327 e. The molecule has 0 aliphatic rings. The molecular weight excluding hydrogens is 226 g/mol. The fraction of sp³-hybridized carbons (Fsp3) is 0.273. The standard InChI is InChI=1S/C11H14BrN/c1-2-4-11(13)8-9-5-3-6-10(12)7-9/h2-3,5-7,11H,1,4,8,13H2. The van der Waals surface area contributed by atoms with Gasteiger partial charge in [-0.3, -0.25) is 0 Å². The molecule has 1 unspecified atom stereocenters. The van der Waals surface area contributed by atoms with Crippen LogP contribution in [0.5, 0.6) is 0 Å². The molecule has 1 aromatic carbocycles. The fourth-order valence-electron chi connectivity index (χ4n) is 1.26. The minimum atomic E-state index is 0.187. The van der Waals surface area contributed by atoms with Gasteiger partial charge in [-0.25, -0.2) is 0 Å². The van der Waals surface area contributed by atoms with E-state index in [0.717, 1.165) is 17.3 Å². The highest BCUT2D eigenvalue weighted by molar-refractivity contribution is 9.10. The maximum Gasteiger partial charge on any atom is 0.0178 e. The second kappa shape index (κ2) is 5.20. The van der Waals surface area contributed by atoms with Crippen molar-refractivity contribution < 1.29 is 0 Å². The highest BCUT2D eigenvalue weighted by atomic mass is 79.9. The van der Waals surface area contributed by atoms with Crippen LogP contribution in [0.4, 0.5) is 0 Å². The van der Waals surface area contributed by atoms with Crippen molar-refractivity contribution in [2.75, 3.05) is 0 Å². The van der Waals surface area contributed by atoms with Crippen LogP contribution in [-0.2, 0) is 6.42 Å². The van der Waals surface area contributed by atoms with E-state index in [2.05, 4.69) is 34.6 Å². The summed E-state index contributed by atoms with van der Waals surface area (Å²) in [6.07, 6.45) is 3.64. The largest absolute Gasteiger partial charge is 0.327 e. The molecule has 0 aliphatic heterocycles. The Morgan fingerprint density at radius 3 is 2.92 bits per heavy atom. The number of benzene rings is 1. The van der Waals surface area contributed by atoms with Crippen molar-refractivity contribution in [1.29, 1.82) is 0 Å².